The number of carbonyl (C=O) groups is 1. The van der Waals surface area contributed by atoms with E-state index in [0.29, 0.717) is 32.4 Å². The molecule has 2 aromatic carbocycles. The fourth-order valence-electron chi connectivity index (χ4n) is 2.83. The second-order valence-corrected chi connectivity index (χ2v) is 9.63. The number of methoxy groups -OCH3 is 1. The summed E-state index contributed by atoms with van der Waals surface area (Å²) in [5.41, 5.74) is 1.50. The highest BCUT2D eigenvalue weighted by Gasteiger charge is 2.39. The van der Waals surface area contributed by atoms with E-state index in [9.17, 15) is 4.79 Å². The maximum absolute atomic E-state index is 12.8. The molecule has 0 atom stereocenters. The standard InChI is InChI=1S/C22H22ClNO3S2/c1-22(2,3)24-20(25)19(29-21(24)28)12-15-7-10-17(18(11-15)26-4)27-13-14-5-8-16(23)9-6-14/h5-12H,13H2,1-4H3. The largest absolute Gasteiger partial charge is 0.493 e. The SMILES string of the molecule is COc1cc(C=C2SC(=S)N(C(C)(C)C)C2=O)ccc1OCc1ccc(Cl)cc1. The molecule has 1 fully saturated rings. The van der Waals surface area contributed by atoms with Crippen LogP contribution in [0.4, 0.5) is 0 Å². The van der Waals surface area contributed by atoms with Crippen LogP contribution < -0.4 is 9.47 Å². The number of ether oxygens (including phenoxy) is 2. The topological polar surface area (TPSA) is 38.8 Å². The number of rotatable bonds is 5. The maximum atomic E-state index is 12.8. The summed E-state index contributed by atoms with van der Waals surface area (Å²) < 4.78 is 11.9. The monoisotopic (exact) mass is 447 g/mol. The lowest BCUT2D eigenvalue weighted by Gasteiger charge is -2.30. The number of thiocarbonyl (C=S) groups is 1. The van der Waals surface area contributed by atoms with Crippen molar-refractivity contribution in [2.75, 3.05) is 7.11 Å². The van der Waals surface area contributed by atoms with E-state index >= 15 is 0 Å². The van der Waals surface area contributed by atoms with Gasteiger partial charge < -0.3 is 9.47 Å². The van der Waals surface area contributed by atoms with E-state index in [1.165, 1.54) is 11.8 Å². The van der Waals surface area contributed by atoms with Crippen molar-refractivity contribution in [3.8, 4) is 11.5 Å². The predicted octanol–water partition coefficient (Wildman–Crippen LogP) is 5.93. The summed E-state index contributed by atoms with van der Waals surface area (Å²) in [7, 11) is 1.59. The van der Waals surface area contributed by atoms with Crippen molar-refractivity contribution in [2.45, 2.75) is 32.9 Å². The van der Waals surface area contributed by atoms with Crippen LogP contribution in [-0.4, -0.2) is 27.8 Å². The average Bonchev–Trinajstić information content (AvgIpc) is 2.95. The molecule has 1 aliphatic rings. The summed E-state index contributed by atoms with van der Waals surface area (Å²) in [4.78, 5) is 15.0. The number of benzene rings is 2. The lowest BCUT2D eigenvalue weighted by molar-refractivity contribution is -0.125. The molecule has 0 radical (unpaired) electrons. The number of hydrogen-bond acceptors (Lipinski definition) is 5. The zero-order chi connectivity index (χ0) is 21.2. The van der Waals surface area contributed by atoms with Crippen LogP contribution in [0.5, 0.6) is 11.5 Å². The van der Waals surface area contributed by atoms with Crippen LogP contribution in [0.15, 0.2) is 47.4 Å². The first-order chi connectivity index (χ1) is 13.7. The molecular formula is C22H22ClNO3S2. The third kappa shape index (κ3) is 5.13. The Balaban J connectivity index is 1.78. The molecule has 0 spiro atoms. The van der Waals surface area contributed by atoms with E-state index in [1.807, 2.05) is 69.3 Å². The number of halogens is 1. The van der Waals surface area contributed by atoms with Gasteiger partial charge in [-0.25, -0.2) is 0 Å². The number of amides is 1. The van der Waals surface area contributed by atoms with E-state index < -0.39 is 0 Å². The van der Waals surface area contributed by atoms with Crippen molar-refractivity contribution in [3.63, 3.8) is 0 Å². The van der Waals surface area contributed by atoms with Gasteiger partial charge in [-0.2, -0.15) is 0 Å². The Morgan fingerprint density at radius 2 is 1.83 bits per heavy atom. The Kier molecular flexibility index (Phi) is 6.56. The van der Waals surface area contributed by atoms with Crippen LogP contribution in [-0.2, 0) is 11.4 Å². The fraction of sp³-hybridized carbons (Fsp3) is 0.273. The van der Waals surface area contributed by atoms with Crippen molar-refractivity contribution in [1.29, 1.82) is 0 Å². The smallest absolute Gasteiger partial charge is 0.266 e. The summed E-state index contributed by atoms with van der Waals surface area (Å²) in [6.45, 7) is 6.31. The minimum Gasteiger partial charge on any atom is -0.493 e. The van der Waals surface area contributed by atoms with Crippen LogP contribution in [0.2, 0.25) is 5.02 Å². The molecule has 2 aromatic rings. The molecule has 1 aliphatic heterocycles. The molecule has 0 saturated carbocycles. The highest BCUT2D eigenvalue weighted by Crippen LogP contribution is 2.38. The van der Waals surface area contributed by atoms with Gasteiger partial charge in [-0.3, -0.25) is 9.69 Å². The van der Waals surface area contributed by atoms with Crippen molar-refractivity contribution in [2.24, 2.45) is 0 Å². The van der Waals surface area contributed by atoms with Gasteiger partial charge in [-0.15, -0.1) is 0 Å². The third-order valence-electron chi connectivity index (χ3n) is 4.26. The molecule has 1 heterocycles. The second kappa shape index (κ2) is 8.78. The first-order valence-electron chi connectivity index (χ1n) is 9.02. The summed E-state index contributed by atoms with van der Waals surface area (Å²) in [5.74, 6) is 1.15. The van der Waals surface area contributed by atoms with Crippen LogP contribution in [0, 0.1) is 0 Å². The Labute approximate surface area is 185 Å². The Hall–Kier alpha value is -2.02. The minimum atomic E-state index is -0.353. The quantitative estimate of drug-likeness (QED) is 0.419. The molecule has 0 aliphatic carbocycles. The second-order valence-electron chi connectivity index (χ2n) is 7.51. The number of carbonyl (C=O) groups excluding carboxylic acids is 1. The molecule has 1 amide bonds. The van der Waals surface area contributed by atoms with E-state index in [1.54, 1.807) is 12.0 Å². The summed E-state index contributed by atoms with van der Waals surface area (Å²) >= 11 is 12.6. The van der Waals surface area contributed by atoms with Crippen LogP contribution >= 0.6 is 35.6 Å². The van der Waals surface area contributed by atoms with Crippen molar-refractivity contribution >= 4 is 51.9 Å². The molecule has 0 bridgehead atoms. The van der Waals surface area contributed by atoms with Crippen LogP contribution in [0.3, 0.4) is 0 Å². The lowest BCUT2D eigenvalue weighted by atomic mass is 10.1. The summed E-state index contributed by atoms with van der Waals surface area (Å²) in [5, 5.41) is 0.688. The number of nitrogens with zero attached hydrogens (tertiary/aromatic N) is 1. The summed E-state index contributed by atoms with van der Waals surface area (Å²) in [6, 6.07) is 13.1. The Morgan fingerprint density at radius 3 is 2.41 bits per heavy atom. The van der Waals surface area contributed by atoms with Gasteiger partial charge in [0, 0.05) is 10.6 Å². The van der Waals surface area contributed by atoms with Gasteiger partial charge in [0.25, 0.3) is 5.91 Å². The third-order valence-corrected chi connectivity index (χ3v) is 5.81. The molecule has 152 valence electrons. The Bertz CT molecular complexity index is 965. The molecule has 7 heteroatoms. The average molecular weight is 448 g/mol. The van der Waals surface area contributed by atoms with Gasteiger partial charge in [-0.1, -0.05) is 53.8 Å². The van der Waals surface area contributed by atoms with Gasteiger partial charge in [0.15, 0.2) is 11.5 Å². The molecule has 0 unspecified atom stereocenters. The molecular weight excluding hydrogens is 426 g/mol. The van der Waals surface area contributed by atoms with Crippen molar-refractivity contribution in [3.05, 3.63) is 63.5 Å². The highest BCUT2D eigenvalue weighted by atomic mass is 35.5. The van der Waals surface area contributed by atoms with Crippen LogP contribution in [0.1, 0.15) is 31.9 Å². The fourth-order valence-corrected chi connectivity index (χ4v) is 4.59. The van der Waals surface area contributed by atoms with E-state index in [0.717, 1.165) is 11.1 Å². The van der Waals surface area contributed by atoms with Gasteiger partial charge in [0.05, 0.1) is 12.0 Å². The van der Waals surface area contributed by atoms with Crippen LogP contribution in [0.25, 0.3) is 6.08 Å². The predicted molar refractivity (Wildman–Crippen MR) is 124 cm³/mol. The van der Waals surface area contributed by atoms with Crippen molar-refractivity contribution in [1.82, 2.24) is 4.90 Å². The molecule has 3 rings (SSSR count). The first kappa shape index (κ1) is 21.7. The molecule has 29 heavy (non-hydrogen) atoms. The molecule has 4 nitrogen and oxygen atoms in total. The normalized spacial score (nSPS) is 15.9. The molecule has 0 aromatic heterocycles. The number of hydrogen-bond donors (Lipinski definition) is 0. The van der Waals surface area contributed by atoms with Gasteiger partial charge in [0.2, 0.25) is 0 Å². The minimum absolute atomic E-state index is 0.0745. The summed E-state index contributed by atoms with van der Waals surface area (Å²) in [6.07, 6.45) is 1.83. The van der Waals surface area contributed by atoms with E-state index in [4.69, 9.17) is 33.3 Å². The zero-order valence-corrected chi connectivity index (χ0v) is 19.1. The van der Waals surface area contributed by atoms with Gasteiger partial charge in [-0.05, 0) is 62.2 Å². The number of thioether (sulfide) groups is 1. The first-order valence-corrected chi connectivity index (χ1v) is 10.6. The molecule has 0 N–H and O–H groups in total. The van der Waals surface area contributed by atoms with Gasteiger partial charge in [0.1, 0.15) is 10.9 Å². The van der Waals surface area contributed by atoms with E-state index in [-0.39, 0.29) is 11.4 Å². The zero-order valence-electron chi connectivity index (χ0n) is 16.7. The highest BCUT2D eigenvalue weighted by molar-refractivity contribution is 8.26. The maximum Gasteiger partial charge on any atom is 0.266 e. The van der Waals surface area contributed by atoms with Gasteiger partial charge >= 0.3 is 0 Å². The lowest BCUT2D eigenvalue weighted by Crippen LogP contribution is -2.44. The van der Waals surface area contributed by atoms with Crippen molar-refractivity contribution < 1.29 is 14.3 Å². The molecule has 1 saturated heterocycles. The Morgan fingerprint density at radius 1 is 1.14 bits per heavy atom. The van der Waals surface area contributed by atoms with E-state index in [2.05, 4.69) is 0 Å².